The van der Waals surface area contributed by atoms with E-state index in [1.807, 2.05) is 0 Å². The van der Waals surface area contributed by atoms with Gasteiger partial charge in [0.1, 0.15) is 11.1 Å². The van der Waals surface area contributed by atoms with Gasteiger partial charge in [-0.15, -0.1) is 0 Å². The lowest BCUT2D eigenvalue weighted by atomic mass is 9.82. The molecule has 3 aromatic rings. The molecule has 0 spiro atoms. The maximum Gasteiger partial charge on any atom is 0.345 e. The molecule has 1 aliphatic carbocycles. The number of ketones is 3. The molecule has 0 amide bonds. The van der Waals surface area contributed by atoms with Crippen LogP contribution in [0.1, 0.15) is 52.6 Å². The summed E-state index contributed by atoms with van der Waals surface area (Å²) >= 11 is 0. The number of hydrogen-bond donors (Lipinski definition) is 0. The van der Waals surface area contributed by atoms with Crippen molar-refractivity contribution in [3.63, 3.8) is 0 Å². The normalized spacial score (nSPS) is 12.0. The van der Waals surface area contributed by atoms with Crippen LogP contribution in [0.25, 0.3) is 0 Å². The molecule has 0 fully saturated rings. The van der Waals surface area contributed by atoms with Gasteiger partial charge in [0.25, 0.3) is 5.69 Å². The largest absolute Gasteiger partial charge is 0.454 e. The highest BCUT2D eigenvalue weighted by Crippen LogP contribution is 2.35. The van der Waals surface area contributed by atoms with Crippen molar-refractivity contribution in [3.05, 3.63) is 110 Å². The second-order valence-electron chi connectivity index (χ2n) is 6.71. The summed E-state index contributed by atoms with van der Waals surface area (Å²) in [6.07, 6.45) is 0. The molecule has 0 atom stereocenters. The van der Waals surface area contributed by atoms with Crippen molar-refractivity contribution in [2.24, 2.45) is 0 Å². The Hall–Kier alpha value is -4.46. The van der Waals surface area contributed by atoms with Gasteiger partial charge in [-0.1, -0.05) is 54.6 Å². The molecule has 0 aromatic heterocycles. The number of ether oxygens (including phenoxy) is 1. The van der Waals surface area contributed by atoms with Crippen LogP contribution in [0.4, 0.5) is 5.69 Å². The van der Waals surface area contributed by atoms with Gasteiger partial charge < -0.3 is 4.74 Å². The summed E-state index contributed by atoms with van der Waals surface area (Å²) < 4.78 is 4.97. The van der Waals surface area contributed by atoms with Gasteiger partial charge in [0.05, 0.1) is 4.92 Å². The molecule has 0 heterocycles. The van der Waals surface area contributed by atoms with Crippen LogP contribution >= 0.6 is 0 Å². The number of fused-ring (bicyclic) bond motifs is 2. The third-order valence-corrected chi connectivity index (χ3v) is 4.90. The van der Waals surface area contributed by atoms with Crippen molar-refractivity contribution in [2.75, 3.05) is 6.61 Å². The van der Waals surface area contributed by atoms with Crippen LogP contribution in [-0.2, 0) is 4.74 Å². The van der Waals surface area contributed by atoms with Crippen LogP contribution < -0.4 is 0 Å². The van der Waals surface area contributed by atoms with E-state index in [0.29, 0.717) is 5.56 Å². The summed E-state index contributed by atoms with van der Waals surface area (Å²) in [4.78, 5) is 61.3. The minimum atomic E-state index is -1.14. The second kappa shape index (κ2) is 7.75. The molecule has 0 saturated heterocycles. The van der Waals surface area contributed by atoms with Crippen molar-refractivity contribution in [2.45, 2.75) is 0 Å². The predicted octanol–water partition coefficient (Wildman–Crippen LogP) is 3.41. The SMILES string of the molecule is O=C(COC(=O)c1ccc2c(c1[N+](=O)[O-])C(=O)c1ccccc1C2=O)c1ccccc1. The molecule has 8 nitrogen and oxygen atoms in total. The zero-order valence-corrected chi connectivity index (χ0v) is 15.9. The first kappa shape index (κ1) is 19.8. The number of nitrogens with zero attached hydrogens (tertiary/aromatic N) is 1. The van der Waals surface area contributed by atoms with Crippen molar-refractivity contribution >= 4 is 29.0 Å². The number of hydrogen-bond acceptors (Lipinski definition) is 7. The topological polar surface area (TPSA) is 121 Å². The predicted molar refractivity (Wildman–Crippen MR) is 107 cm³/mol. The monoisotopic (exact) mass is 415 g/mol. The maximum atomic E-state index is 12.9. The first-order valence-corrected chi connectivity index (χ1v) is 9.15. The summed E-state index contributed by atoms with van der Waals surface area (Å²) in [6, 6.07) is 16.3. The van der Waals surface area contributed by atoms with E-state index in [1.54, 1.807) is 36.4 Å². The average Bonchev–Trinajstić information content (AvgIpc) is 2.80. The molecule has 1 aliphatic rings. The average molecular weight is 415 g/mol. The van der Waals surface area contributed by atoms with Crippen molar-refractivity contribution in [1.82, 2.24) is 0 Å². The molecule has 0 saturated carbocycles. The Morgan fingerprint density at radius 1 is 0.806 bits per heavy atom. The number of rotatable bonds is 5. The zero-order chi connectivity index (χ0) is 22.1. The molecule has 0 N–H and O–H groups in total. The minimum absolute atomic E-state index is 0.0212. The number of nitro groups is 1. The van der Waals surface area contributed by atoms with Gasteiger partial charge >= 0.3 is 5.97 Å². The van der Waals surface area contributed by atoms with E-state index in [4.69, 9.17) is 4.74 Å². The molecule has 0 radical (unpaired) electrons. The molecule has 8 heteroatoms. The molecule has 0 bridgehead atoms. The van der Waals surface area contributed by atoms with Crippen LogP contribution in [0.5, 0.6) is 0 Å². The third kappa shape index (κ3) is 3.40. The molecule has 31 heavy (non-hydrogen) atoms. The van der Waals surface area contributed by atoms with Crippen molar-refractivity contribution in [3.8, 4) is 0 Å². The van der Waals surface area contributed by atoms with Gasteiger partial charge in [0, 0.05) is 22.3 Å². The van der Waals surface area contributed by atoms with E-state index in [2.05, 4.69) is 0 Å². The van der Waals surface area contributed by atoms with E-state index in [-0.39, 0.29) is 16.7 Å². The second-order valence-corrected chi connectivity index (χ2v) is 6.71. The van der Waals surface area contributed by atoms with E-state index in [0.717, 1.165) is 6.07 Å². The van der Waals surface area contributed by atoms with Crippen LogP contribution in [0.3, 0.4) is 0 Å². The molecule has 0 aliphatic heterocycles. The quantitative estimate of drug-likeness (QED) is 0.212. The Morgan fingerprint density at radius 2 is 1.42 bits per heavy atom. The van der Waals surface area contributed by atoms with Gasteiger partial charge in [0.15, 0.2) is 18.2 Å². The Morgan fingerprint density at radius 3 is 2.06 bits per heavy atom. The number of benzene rings is 3. The van der Waals surface area contributed by atoms with Crippen LogP contribution in [0.2, 0.25) is 0 Å². The minimum Gasteiger partial charge on any atom is -0.454 e. The van der Waals surface area contributed by atoms with Gasteiger partial charge in [-0.25, -0.2) is 4.79 Å². The molecule has 3 aromatic carbocycles. The Kier molecular flexibility index (Phi) is 4.96. The van der Waals surface area contributed by atoms with E-state index in [9.17, 15) is 29.3 Å². The fraction of sp³-hybridized carbons (Fsp3) is 0.0435. The number of esters is 1. The summed E-state index contributed by atoms with van der Waals surface area (Å²) in [7, 11) is 0. The fourth-order valence-corrected chi connectivity index (χ4v) is 3.44. The van der Waals surface area contributed by atoms with Gasteiger partial charge in [-0.05, 0) is 12.1 Å². The fourth-order valence-electron chi connectivity index (χ4n) is 3.44. The lowest BCUT2D eigenvalue weighted by Gasteiger charge is -2.18. The van der Waals surface area contributed by atoms with Crippen molar-refractivity contribution in [1.29, 1.82) is 0 Å². The summed E-state index contributed by atoms with van der Waals surface area (Å²) in [5.74, 6) is -2.91. The number of carbonyl (C=O) groups is 4. The van der Waals surface area contributed by atoms with Crippen LogP contribution in [-0.4, -0.2) is 34.8 Å². The highest BCUT2D eigenvalue weighted by molar-refractivity contribution is 6.30. The lowest BCUT2D eigenvalue weighted by Crippen LogP contribution is -2.24. The molecule has 152 valence electrons. The zero-order valence-electron chi connectivity index (χ0n) is 15.9. The summed E-state index contributed by atoms with van der Waals surface area (Å²) in [5, 5.41) is 11.8. The van der Waals surface area contributed by atoms with Gasteiger partial charge in [0.2, 0.25) is 5.78 Å². The Balaban J connectivity index is 1.71. The summed E-state index contributed by atoms with van der Waals surface area (Å²) in [6.45, 7) is -0.632. The highest BCUT2D eigenvalue weighted by Gasteiger charge is 2.39. The summed E-state index contributed by atoms with van der Waals surface area (Å²) in [5.41, 5.74) is -1.48. The first-order chi connectivity index (χ1) is 14.9. The highest BCUT2D eigenvalue weighted by atomic mass is 16.6. The number of nitro benzene ring substituents is 1. The first-order valence-electron chi connectivity index (χ1n) is 9.15. The molecule has 4 rings (SSSR count). The molecular formula is C23H13NO7. The molecule has 0 unspecified atom stereocenters. The van der Waals surface area contributed by atoms with Crippen molar-refractivity contribution < 1.29 is 28.8 Å². The van der Waals surface area contributed by atoms with Gasteiger partial charge in [-0.3, -0.25) is 24.5 Å². The molecular weight excluding hydrogens is 402 g/mol. The standard InChI is InChI=1S/C23H13NO7/c25-18(13-6-2-1-3-7-13)12-31-23(28)17-11-10-16-19(20(17)24(29)30)22(27)15-9-5-4-8-14(15)21(16)26/h1-11H,12H2. The Bertz CT molecular complexity index is 1280. The van der Waals surface area contributed by atoms with Crippen LogP contribution in [0, 0.1) is 10.1 Å². The van der Waals surface area contributed by atoms with E-state index in [1.165, 1.54) is 24.3 Å². The maximum absolute atomic E-state index is 12.9. The smallest absolute Gasteiger partial charge is 0.345 e. The Labute approximate surface area is 175 Å². The third-order valence-electron chi connectivity index (χ3n) is 4.90. The number of Topliss-reactive ketones (excluding diaryl/α,β-unsaturated/α-hetero) is 1. The van der Waals surface area contributed by atoms with E-state index < -0.39 is 51.7 Å². The number of carbonyl (C=O) groups excluding carboxylic acids is 4. The van der Waals surface area contributed by atoms with E-state index >= 15 is 0 Å². The lowest BCUT2D eigenvalue weighted by molar-refractivity contribution is -0.385. The van der Waals surface area contributed by atoms with Gasteiger partial charge in [-0.2, -0.15) is 0 Å². The van der Waals surface area contributed by atoms with Crippen LogP contribution in [0.15, 0.2) is 66.7 Å².